The number of esters is 1. The second-order valence-corrected chi connectivity index (χ2v) is 7.94. The van der Waals surface area contributed by atoms with Gasteiger partial charge in [0.25, 0.3) is 5.91 Å². The number of carbonyl (C=O) groups excluding carboxylic acids is 2. The summed E-state index contributed by atoms with van der Waals surface area (Å²) < 4.78 is 6.60. The summed E-state index contributed by atoms with van der Waals surface area (Å²) in [5, 5.41) is 0. The molecule has 1 aromatic heterocycles. The number of amides is 1. The zero-order valence-electron chi connectivity index (χ0n) is 15.0. The molecule has 6 heteroatoms. The molecule has 0 saturated heterocycles. The van der Waals surface area contributed by atoms with Crippen LogP contribution in [0.3, 0.4) is 0 Å². The third-order valence-electron chi connectivity index (χ3n) is 4.09. The Hall–Kier alpha value is -2.47. The van der Waals surface area contributed by atoms with Crippen molar-refractivity contribution in [1.82, 2.24) is 9.88 Å². The number of pyridine rings is 1. The fourth-order valence-electron chi connectivity index (χ4n) is 2.63. The molecule has 2 aromatic rings. The van der Waals surface area contributed by atoms with Gasteiger partial charge in [0.2, 0.25) is 0 Å². The summed E-state index contributed by atoms with van der Waals surface area (Å²) in [6, 6.07) is 9.11. The first-order valence-corrected chi connectivity index (χ1v) is 8.95. The number of aromatic nitrogens is 1. The molecular weight excluding hydrogens is 396 g/mol. The number of ether oxygens (including phenoxy) is 1. The van der Waals surface area contributed by atoms with Gasteiger partial charge in [-0.25, -0.2) is 0 Å². The molecule has 2 heterocycles. The second-order valence-electron chi connectivity index (χ2n) is 7.08. The number of rotatable bonds is 2. The molecule has 0 aliphatic carbocycles. The predicted octanol–water partition coefficient (Wildman–Crippen LogP) is 4.34. The van der Waals surface area contributed by atoms with Crippen molar-refractivity contribution in [3.8, 4) is 0 Å². The maximum Gasteiger partial charge on any atom is 0.316 e. The molecule has 0 unspecified atom stereocenters. The van der Waals surface area contributed by atoms with E-state index in [0.29, 0.717) is 28.1 Å². The molecule has 0 atom stereocenters. The molecule has 0 spiro atoms. The Balaban J connectivity index is 2.27. The van der Waals surface area contributed by atoms with Crippen molar-refractivity contribution in [2.75, 3.05) is 7.05 Å². The zero-order valence-corrected chi connectivity index (χ0v) is 16.6. The number of hydrogen-bond donors (Lipinski definition) is 0. The lowest BCUT2D eigenvalue weighted by molar-refractivity contribution is -0.145. The molecule has 0 radical (unpaired) electrons. The normalized spacial score (nSPS) is 15.7. The van der Waals surface area contributed by atoms with Crippen LogP contribution in [0.4, 0.5) is 0 Å². The molecule has 5 nitrogen and oxygen atoms in total. The van der Waals surface area contributed by atoms with Crippen molar-refractivity contribution < 1.29 is 14.3 Å². The van der Waals surface area contributed by atoms with E-state index in [2.05, 4.69) is 20.9 Å². The van der Waals surface area contributed by atoms with E-state index >= 15 is 0 Å². The third kappa shape index (κ3) is 3.17. The van der Waals surface area contributed by atoms with Gasteiger partial charge in [0.15, 0.2) is 5.76 Å². The number of benzene rings is 1. The summed E-state index contributed by atoms with van der Waals surface area (Å²) in [5.41, 5.74) is 1.71. The quantitative estimate of drug-likeness (QED) is 0.541. The molecule has 0 saturated carbocycles. The second kappa shape index (κ2) is 6.68. The molecule has 3 rings (SSSR count). The molecule has 1 aromatic carbocycles. The fraction of sp³-hybridized carbons (Fsp3) is 0.250. The molecule has 0 bridgehead atoms. The Morgan fingerprint density at radius 3 is 2.50 bits per heavy atom. The van der Waals surface area contributed by atoms with Gasteiger partial charge >= 0.3 is 5.97 Å². The van der Waals surface area contributed by atoms with E-state index in [9.17, 15) is 9.59 Å². The van der Waals surface area contributed by atoms with Crippen molar-refractivity contribution in [3.05, 3.63) is 63.9 Å². The average Bonchev–Trinajstić information content (AvgIpc) is 2.84. The summed E-state index contributed by atoms with van der Waals surface area (Å²) in [6.07, 6.45) is 3.20. The predicted molar refractivity (Wildman–Crippen MR) is 103 cm³/mol. The van der Waals surface area contributed by atoms with Crippen molar-refractivity contribution in [2.24, 2.45) is 5.41 Å². The SMILES string of the molecule is CN1C(=O)c2ccncc2/C1=C(/OC(=O)C(C)(C)C)c1ccccc1Br. The zero-order chi connectivity index (χ0) is 19.1. The Morgan fingerprint density at radius 2 is 1.85 bits per heavy atom. The van der Waals surface area contributed by atoms with Crippen molar-refractivity contribution in [2.45, 2.75) is 20.8 Å². The van der Waals surface area contributed by atoms with E-state index in [0.717, 1.165) is 4.47 Å². The van der Waals surface area contributed by atoms with Crippen LogP contribution in [0.2, 0.25) is 0 Å². The van der Waals surface area contributed by atoms with Gasteiger partial charge in [0.1, 0.15) is 0 Å². The number of halogens is 1. The standard InChI is InChI=1S/C20H19BrN2O3/c1-20(2,3)19(25)26-17(13-7-5-6-8-15(13)21)16-14-11-22-10-9-12(14)18(24)23(16)4/h5-11H,1-4H3/b17-16-. The molecule has 1 aliphatic heterocycles. The van der Waals surface area contributed by atoms with E-state index in [1.54, 1.807) is 46.3 Å². The average molecular weight is 415 g/mol. The molecule has 0 fully saturated rings. The highest BCUT2D eigenvalue weighted by Gasteiger charge is 2.35. The van der Waals surface area contributed by atoms with Crippen LogP contribution in [0.5, 0.6) is 0 Å². The van der Waals surface area contributed by atoms with Crippen molar-refractivity contribution in [1.29, 1.82) is 0 Å². The highest BCUT2D eigenvalue weighted by molar-refractivity contribution is 9.10. The molecule has 26 heavy (non-hydrogen) atoms. The van der Waals surface area contributed by atoms with E-state index in [1.807, 2.05) is 24.3 Å². The van der Waals surface area contributed by atoms with E-state index in [4.69, 9.17) is 4.74 Å². The molecular formula is C20H19BrN2O3. The minimum absolute atomic E-state index is 0.159. The first-order valence-electron chi connectivity index (χ1n) is 8.15. The van der Waals surface area contributed by atoms with Gasteiger partial charge in [0, 0.05) is 35.0 Å². The van der Waals surface area contributed by atoms with E-state index < -0.39 is 5.41 Å². The maximum atomic E-state index is 12.6. The lowest BCUT2D eigenvalue weighted by Gasteiger charge is -2.22. The number of hydrogen-bond acceptors (Lipinski definition) is 4. The number of carbonyl (C=O) groups is 2. The van der Waals surface area contributed by atoms with Crippen LogP contribution in [0.1, 0.15) is 42.3 Å². The number of fused-ring (bicyclic) bond motifs is 1. The van der Waals surface area contributed by atoms with E-state index in [1.165, 1.54) is 4.90 Å². The fourth-order valence-corrected chi connectivity index (χ4v) is 3.09. The lowest BCUT2D eigenvalue weighted by Crippen LogP contribution is -2.24. The van der Waals surface area contributed by atoms with Gasteiger partial charge in [-0.15, -0.1) is 0 Å². The molecule has 1 aliphatic rings. The Morgan fingerprint density at radius 1 is 1.15 bits per heavy atom. The summed E-state index contributed by atoms with van der Waals surface area (Å²) in [5.74, 6) is -0.206. The topological polar surface area (TPSA) is 59.5 Å². The summed E-state index contributed by atoms with van der Waals surface area (Å²) in [4.78, 5) is 30.9. The smallest absolute Gasteiger partial charge is 0.316 e. The van der Waals surface area contributed by atoms with Gasteiger partial charge < -0.3 is 9.64 Å². The third-order valence-corrected chi connectivity index (χ3v) is 4.78. The number of nitrogens with zero attached hydrogens (tertiary/aromatic N) is 2. The van der Waals surface area contributed by atoms with Crippen LogP contribution in [0.15, 0.2) is 47.2 Å². The summed E-state index contributed by atoms with van der Waals surface area (Å²) in [6.45, 7) is 5.37. The van der Waals surface area contributed by atoms with Crippen molar-refractivity contribution >= 4 is 39.3 Å². The van der Waals surface area contributed by atoms with Gasteiger partial charge in [0.05, 0.1) is 16.7 Å². The highest BCUT2D eigenvalue weighted by Crippen LogP contribution is 2.39. The van der Waals surface area contributed by atoms with Crippen LogP contribution in [0, 0.1) is 5.41 Å². The van der Waals surface area contributed by atoms with Gasteiger partial charge in [-0.3, -0.25) is 14.6 Å². The molecule has 134 valence electrons. The van der Waals surface area contributed by atoms with Gasteiger partial charge in [-0.2, -0.15) is 0 Å². The van der Waals surface area contributed by atoms with Crippen LogP contribution in [-0.2, 0) is 9.53 Å². The maximum absolute atomic E-state index is 12.6. The van der Waals surface area contributed by atoms with Gasteiger partial charge in [-0.1, -0.05) is 34.1 Å². The van der Waals surface area contributed by atoms with Crippen LogP contribution < -0.4 is 0 Å². The summed E-state index contributed by atoms with van der Waals surface area (Å²) in [7, 11) is 1.67. The largest absolute Gasteiger partial charge is 0.423 e. The summed E-state index contributed by atoms with van der Waals surface area (Å²) >= 11 is 3.51. The molecule has 0 N–H and O–H groups in total. The lowest BCUT2D eigenvalue weighted by atomic mass is 9.97. The van der Waals surface area contributed by atoms with Crippen LogP contribution >= 0.6 is 15.9 Å². The van der Waals surface area contributed by atoms with Crippen molar-refractivity contribution in [3.63, 3.8) is 0 Å². The minimum Gasteiger partial charge on any atom is -0.423 e. The van der Waals surface area contributed by atoms with E-state index in [-0.39, 0.29) is 11.9 Å². The first-order chi connectivity index (χ1) is 12.2. The minimum atomic E-state index is -0.688. The van der Waals surface area contributed by atoms with Crippen LogP contribution in [0.25, 0.3) is 11.5 Å². The Labute approximate surface area is 160 Å². The van der Waals surface area contributed by atoms with Crippen LogP contribution in [-0.4, -0.2) is 28.8 Å². The van der Waals surface area contributed by atoms with Gasteiger partial charge in [-0.05, 0) is 32.9 Å². The highest BCUT2D eigenvalue weighted by atomic mass is 79.9. The molecule has 1 amide bonds. The first kappa shape index (κ1) is 18.3. The monoisotopic (exact) mass is 414 g/mol. The Kier molecular flexibility index (Phi) is 4.71. The Bertz CT molecular complexity index is 929.